The van der Waals surface area contributed by atoms with Gasteiger partial charge in [-0.3, -0.25) is 4.79 Å². The van der Waals surface area contributed by atoms with Gasteiger partial charge in [-0.05, 0) is 25.3 Å². The average molecular weight is 231 g/mol. The highest BCUT2D eigenvalue weighted by atomic mass is 16.5. The van der Waals surface area contributed by atoms with Gasteiger partial charge < -0.3 is 15.2 Å². The van der Waals surface area contributed by atoms with Gasteiger partial charge in [0.15, 0.2) is 0 Å². The quantitative estimate of drug-likeness (QED) is 0.616. The molecule has 0 radical (unpaired) electrons. The minimum atomic E-state index is -0.654. The molecule has 4 heteroatoms. The Labute approximate surface area is 98.4 Å². The van der Waals surface area contributed by atoms with E-state index in [9.17, 15) is 9.90 Å². The zero-order chi connectivity index (χ0) is 12.6. The fourth-order valence-corrected chi connectivity index (χ4v) is 1.20. The summed E-state index contributed by atoms with van der Waals surface area (Å²) in [6.07, 6.45) is -0.588. The first-order valence-electron chi connectivity index (χ1n) is 6.01. The number of hydrogen-bond acceptors (Lipinski definition) is 4. The third-order valence-electron chi connectivity index (χ3n) is 2.69. The van der Waals surface area contributed by atoms with Crippen LogP contribution in [0.3, 0.4) is 0 Å². The molecule has 2 unspecified atom stereocenters. The first-order chi connectivity index (χ1) is 7.47. The highest BCUT2D eigenvalue weighted by molar-refractivity contribution is 5.69. The predicted octanol–water partition coefficient (Wildman–Crippen LogP) is 1.18. The Balaban J connectivity index is 3.57. The van der Waals surface area contributed by atoms with Crippen molar-refractivity contribution < 1.29 is 14.6 Å². The van der Waals surface area contributed by atoms with Gasteiger partial charge in [0.25, 0.3) is 0 Å². The number of hydrogen-bond donors (Lipinski definition) is 2. The lowest BCUT2D eigenvalue weighted by Crippen LogP contribution is -2.33. The number of nitrogens with one attached hydrogen (secondary N) is 1. The third-order valence-corrected chi connectivity index (χ3v) is 2.69. The van der Waals surface area contributed by atoms with Crippen LogP contribution in [0.2, 0.25) is 0 Å². The van der Waals surface area contributed by atoms with Gasteiger partial charge in [0.1, 0.15) is 0 Å². The molecule has 2 atom stereocenters. The van der Waals surface area contributed by atoms with Gasteiger partial charge >= 0.3 is 5.97 Å². The average Bonchev–Trinajstić information content (AvgIpc) is 2.17. The summed E-state index contributed by atoms with van der Waals surface area (Å²) in [4.78, 5) is 11.0. The fourth-order valence-electron chi connectivity index (χ4n) is 1.20. The van der Waals surface area contributed by atoms with Crippen molar-refractivity contribution in [1.29, 1.82) is 0 Å². The van der Waals surface area contributed by atoms with Crippen LogP contribution in [0.5, 0.6) is 0 Å². The van der Waals surface area contributed by atoms with Gasteiger partial charge in [-0.2, -0.15) is 0 Å². The molecule has 0 aliphatic carbocycles. The maximum atomic E-state index is 11.0. The van der Waals surface area contributed by atoms with E-state index in [2.05, 4.69) is 26.1 Å². The van der Waals surface area contributed by atoms with Gasteiger partial charge in [-0.25, -0.2) is 0 Å². The molecule has 4 nitrogen and oxygen atoms in total. The summed E-state index contributed by atoms with van der Waals surface area (Å²) in [6.45, 7) is 9.92. The molecule has 0 spiro atoms. The lowest BCUT2D eigenvalue weighted by Gasteiger charge is -2.17. The van der Waals surface area contributed by atoms with E-state index < -0.39 is 6.10 Å². The summed E-state index contributed by atoms with van der Waals surface area (Å²) in [5.41, 5.74) is 0. The van der Waals surface area contributed by atoms with E-state index in [-0.39, 0.29) is 12.4 Å². The topological polar surface area (TPSA) is 58.6 Å². The largest absolute Gasteiger partial charge is 0.466 e. The van der Waals surface area contributed by atoms with Gasteiger partial charge in [-0.1, -0.05) is 20.8 Å². The zero-order valence-corrected chi connectivity index (χ0v) is 10.8. The van der Waals surface area contributed by atoms with Crippen LogP contribution >= 0.6 is 0 Å². The van der Waals surface area contributed by atoms with Crippen molar-refractivity contribution in [3.8, 4) is 0 Å². The predicted molar refractivity (Wildman–Crippen MR) is 64.1 cm³/mol. The number of carbonyl (C=O) groups excluding carboxylic acids is 1. The molecular formula is C12H25NO3. The molecule has 2 N–H and O–H groups in total. The normalized spacial score (nSPS) is 14.9. The number of aliphatic hydroxyl groups excluding tert-OH is 1. The first kappa shape index (κ1) is 15.4. The van der Waals surface area contributed by atoms with Crippen LogP contribution < -0.4 is 5.32 Å². The number of aliphatic hydroxyl groups is 1. The Morgan fingerprint density at radius 3 is 2.44 bits per heavy atom. The highest BCUT2D eigenvalue weighted by Crippen LogP contribution is 2.07. The second-order valence-electron chi connectivity index (χ2n) is 4.54. The summed E-state index contributed by atoms with van der Waals surface area (Å²) in [6, 6.07) is 0. The number of rotatable bonds is 8. The third kappa shape index (κ3) is 7.65. The van der Waals surface area contributed by atoms with Crippen LogP contribution in [0.25, 0.3) is 0 Å². The molecule has 96 valence electrons. The van der Waals surface area contributed by atoms with Gasteiger partial charge in [-0.15, -0.1) is 0 Å². The Morgan fingerprint density at radius 2 is 1.94 bits per heavy atom. The van der Waals surface area contributed by atoms with E-state index in [1.165, 1.54) is 0 Å². The summed E-state index contributed by atoms with van der Waals surface area (Å²) >= 11 is 0. The second-order valence-corrected chi connectivity index (χ2v) is 4.54. The van der Waals surface area contributed by atoms with Crippen LogP contribution in [0.4, 0.5) is 0 Å². The Bertz CT molecular complexity index is 195. The SMILES string of the molecule is CCOC(=O)CC(O)CNCC(C)C(C)C. The van der Waals surface area contributed by atoms with E-state index in [0.717, 1.165) is 6.54 Å². The summed E-state index contributed by atoms with van der Waals surface area (Å²) in [5.74, 6) is 0.846. The fraction of sp³-hybridized carbons (Fsp3) is 0.917. The monoisotopic (exact) mass is 231 g/mol. The van der Waals surface area contributed by atoms with Crippen molar-refractivity contribution in [3.63, 3.8) is 0 Å². The van der Waals surface area contributed by atoms with Crippen LogP contribution in [0.15, 0.2) is 0 Å². The lowest BCUT2D eigenvalue weighted by atomic mass is 9.98. The van der Waals surface area contributed by atoms with Crippen molar-refractivity contribution in [2.24, 2.45) is 11.8 Å². The lowest BCUT2D eigenvalue weighted by molar-refractivity contribution is -0.145. The van der Waals surface area contributed by atoms with E-state index in [0.29, 0.717) is 25.0 Å². The number of carbonyl (C=O) groups is 1. The smallest absolute Gasteiger partial charge is 0.308 e. The van der Waals surface area contributed by atoms with E-state index in [4.69, 9.17) is 4.74 Å². The van der Waals surface area contributed by atoms with Crippen molar-refractivity contribution in [3.05, 3.63) is 0 Å². The highest BCUT2D eigenvalue weighted by Gasteiger charge is 2.12. The molecule has 0 aliphatic rings. The van der Waals surface area contributed by atoms with Gasteiger partial charge in [0.2, 0.25) is 0 Å². The molecule has 16 heavy (non-hydrogen) atoms. The molecule has 0 aliphatic heterocycles. The van der Waals surface area contributed by atoms with Crippen molar-refractivity contribution in [2.45, 2.75) is 40.2 Å². The Morgan fingerprint density at radius 1 is 1.31 bits per heavy atom. The second kappa shape index (κ2) is 8.53. The summed E-state index contributed by atoms with van der Waals surface area (Å²) in [5, 5.41) is 12.7. The van der Waals surface area contributed by atoms with Gasteiger partial charge in [0.05, 0.1) is 19.1 Å². The number of esters is 1. The maximum absolute atomic E-state index is 11.0. The summed E-state index contributed by atoms with van der Waals surface area (Å²) in [7, 11) is 0. The molecule has 0 aromatic carbocycles. The Kier molecular flexibility index (Phi) is 8.21. The van der Waals surface area contributed by atoms with Crippen molar-refractivity contribution in [2.75, 3.05) is 19.7 Å². The van der Waals surface area contributed by atoms with E-state index >= 15 is 0 Å². The van der Waals surface area contributed by atoms with Crippen LogP contribution in [-0.4, -0.2) is 36.9 Å². The van der Waals surface area contributed by atoms with E-state index in [1.807, 2.05) is 0 Å². The molecule has 0 aromatic heterocycles. The van der Waals surface area contributed by atoms with Crippen molar-refractivity contribution >= 4 is 5.97 Å². The molecule has 0 bridgehead atoms. The molecule has 0 fully saturated rings. The van der Waals surface area contributed by atoms with Crippen LogP contribution in [-0.2, 0) is 9.53 Å². The summed E-state index contributed by atoms with van der Waals surface area (Å²) < 4.78 is 4.75. The maximum Gasteiger partial charge on any atom is 0.308 e. The molecule has 0 saturated heterocycles. The standard InChI is InChI=1S/C12H25NO3/c1-5-16-12(15)6-11(14)8-13-7-10(4)9(2)3/h9-11,13-14H,5-8H2,1-4H3. The van der Waals surface area contributed by atoms with Crippen LogP contribution in [0, 0.1) is 11.8 Å². The number of ether oxygens (including phenoxy) is 1. The Hall–Kier alpha value is -0.610. The van der Waals surface area contributed by atoms with Crippen LogP contribution in [0.1, 0.15) is 34.1 Å². The molecular weight excluding hydrogens is 206 g/mol. The van der Waals surface area contributed by atoms with Crippen molar-refractivity contribution in [1.82, 2.24) is 5.32 Å². The van der Waals surface area contributed by atoms with Gasteiger partial charge in [0, 0.05) is 6.54 Å². The molecule has 0 saturated carbocycles. The first-order valence-corrected chi connectivity index (χ1v) is 6.01. The molecule has 0 rings (SSSR count). The zero-order valence-electron chi connectivity index (χ0n) is 10.8. The van der Waals surface area contributed by atoms with E-state index in [1.54, 1.807) is 6.92 Å². The molecule has 0 aromatic rings. The minimum absolute atomic E-state index is 0.0664. The minimum Gasteiger partial charge on any atom is -0.466 e. The molecule has 0 heterocycles. The molecule has 0 amide bonds.